The van der Waals surface area contributed by atoms with Crippen molar-refractivity contribution < 1.29 is 4.79 Å². The van der Waals surface area contributed by atoms with Crippen LogP contribution in [0.4, 0.5) is 0 Å². The predicted octanol–water partition coefficient (Wildman–Crippen LogP) is 2.10. The molecule has 102 valence electrons. The lowest BCUT2D eigenvalue weighted by Gasteiger charge is -2.46. The van der Waals surface area contributed by atoms with Crippen LogP contribution in [0, 0.1) is 0 Å². The van der Waals surface area contributed by atoms with Crippen molar-refractivity contribution in [1.29, 1.82) is 0 Å². The van der Waals surface area contributed by atoms with Gasteiger partial charge in [-0.2, -0.15) is 0 Å². The Kier molecular flexibility index (Phi) is 3.06. The molecule has 3 nitrogen and oxygen atoms in total. The van der Waals surface area contributed by atoms with Crippen molar-refractivity contribution in [1.82, 2.24) is 4.90 Å². The van der Waals surface area contributed by atoms with Crippen LogP contribution in [0.25, 0.3) is 0 Å². The number of rotatable bonds is 1. The van der Waals surface area contributed by atoms with E-state index in [2.05, 4.69) is 6.07 Å². The van der Waals surface area contributed by atoms with Crippen LogP contribution in [0.3, 0.4) is 0 Å². The van der Waals surface area contributed by atoms with Crippen molar-refractivity contribution in [3.05, 3.63) is 34.3 Å². The maximum Gasteiger partial charge on any atom is 0.233 e. The molecule has 19 heavy (non-hydrogen) atoms. The molecule has 1 aliphatic carbocycles. The minimum absolute atomic E-state index is 0.132. The van der Waals surface area contributed by atoms with Crippen molar-refractivity contribution in [2.45, 2.75) is 37.6 Å². The number of fused-ring (bicyclic) bond motifs is 2. The van der Waals surface area contributed by atoms with E-state index in [1.165, 1.54) is 0 Å². The number of nitrogens with two attached hydrogens (primary N) is 1. The highest BCUT2D eigenvalue weighted by Crippen LogP contribution is 2.48. The molecule has 1 amide bonds. The van der Waals surface area contributed by atoms with Gasteiger partial charge in [0.05, 0.1) is 5.41 Å². The molecule has 0 unspecified atom stereocenters. The fourth-order valence-electron chi connectivity index (χ4n) is 3.56. The topological polar surface area (TPSA) is 46.3 Å². The van der Waals surface area contributed by atoms with Crippen LogP contribution in [0.2, 0.25) is 5.02 Å². The summed E-state index contributed by atoms with van der Waals surface area (Å²) in [6.45, 7) is 3.53. The predicted molar refractivity (Wildman–Crippen MR) is 76.3 cm³/mol. The fourth-order valence-corrected chi connectivity index (χ4v) is 3.83. The van der Waals surface area contributed by atoms with E-state index >= 15 is 0 Å². The first-order valence-corrected chi connectivity index (χ1v) is 7.29. The molecule has 0 aromatic heterocycles. The van der Waals surface area contributed by atoms with Crippen molar-refractivity contribution in [2.24, 2.45) is 5.73 Å². The van der Waals surface area contributed by atoms with E-state index in [1.807, 2.05) is 24.0 Å². The molecule has 1 fully saturated rings. The van der Waals surface area contributed by atoms with E-state index in [9.17, 15) is 4.79 Å². The average molecular weight is 279 g/mol. The van der Waals surface area contributed by atoms with Gasteiger partial charge in [0, 0.05) is 24.2 Å². The van der Waals surface area contributed by atoms with Crippen LogP contribution in [0.1, 0.15) is 30.9 Å². The van der Waals surface area contributed by atoms with Crippen LogP contribution < -0.4 is 5.73 Å². The lowest BCUT2D eigenvalue weighted by molar-refractivity contribution is -0.140. The van der Waals surface area contributed by atoms with E-state index in [1.54, 1.807) is 0 Å². The first-order valence-electron chi connectivity index (χ1n) is 6.91. The summed E-state index contributed by atoms with van der Waals surface area (Å²) in [4.78, 5) is 14.8. The SMILES string of the molecule is CCN1CCc2c(Cl)cccc2C2(CC(N)C2)C1=O. The molecular formula is C15H19ClN2O. The van der Waals surface area contributed by atoms with Gasteiger partial charge in [-0.3, -0.25) is 4.79 Å². The number of hydrogen-bond acceptors (Lipinski definition) is 2. The number of likely N-dealkylation sites (N-methyl/N-ethyl adjacent to an activating group) is 1. The van der Waals surface area contributed by atoms with Gasteiger partial charge in [-0.1, -0.05) is 23.7 Å². The Hall–Kier alpha value is -1.06. The molecule has 1 saturated carbocycles. The van der Waals surface area contributed by atoms with Crippen LogP contribution in [0.5, 0.6) is 0 Å². The molecule has 0 bridgehead atoms. The molecule has 1 aliphatic heterocycles. The van der Waals surface area contributed by atoms with Gasteiger partial charge < -0.3 is 10.6 Å². The number of benzene rings is 1. The van der Waals surface area contributed by atoms with Crippen molar-refractivity contribution in [3.63, 3.8) is 0 Å². The molecule has 1 aromatic rings. The molecule has 4 heteroatoms. The Morgan fingerprint density at radius 2 is 2.21 bits per heavy atom. The minimum atomic E-state index is -0.411. The summed E-state index contributed by atoms with van der Waals surface area (Å²) in [7, 11) is 0. The van der Waals surface area contributed by atoms with E-state index in [0.717, 1.165) is 48.5 Å². The second kappa shape index (κ2) is 4.50. The van der Waals surface area contributed by atoms with Crippen LogP contribution in [0.15, 0.2) is 18.2 Å². The number of amides is 1. The molecule has 2 N–H and O–H groups in total. The Balaban J connectivity index is 2.13. The van der Waals surface area contributed by atoms with Crippen molar-refractivity contribution in [2.75, 3.05) is 13.1 Å². The first kappa shape index (κ1) is 12.9. The minimum Gasteiger partial charge on any atom is -0.342 e. The quantitative estimate of drug-likeness (QED) is 0.855. The van der Waals surface area contributed by atoms with Gasteiger partial charge in [-0.15, -0.1) is 0 Å². The third-order valence-electron chi connectivity index (χ3n) is 4.57. The largest absolute Gasteiger partial charge is 0.342 e. The van der Waals surface area contributed by atoms with Gasteiger partial charge in [-0.05, 0) is 43.4 Å². The summed E-state index contributed by atoms with van der Waals surface area (Å²) in [6.07, 6.45) is 2.33. The van der Waals surface area contributed by atoms with Crippen LogP contribution in [-0.4, -0.2) is 29.9 Å². The summed E-state index contributed by atoms with van der Waals surface area (Å²) in [6, 6.07) is 6.05. The van der Waals surface area contributed by atoms with Gasteiger partial charge in [0.2, 0.25) is 5.91 Å². The molecular weight excluding hydrogens is 260 g/mol. The zero-order chi connectivity index (χ0) is 13.6. The fraction of sp³-hybridized carbons (Fsp3) is 0.533. The zero-order valence-electron chi connectivity index (χ0n) is 11.2. The van der Waals surface area contributed by atoms with Crippen LogP contribution in [-0.2, 0) is 16.6 Å². The third-order valence-corrected chi connectivity index (χ3v) is 4.92. The van der Waals surface area contributed by atoms with Crippen LogP contribution >= 0.6 is 11.6 Å². The highest BCUT2D eigenvalue weighted by Gasteiger charge is 2.53. The van der Waals surface area contributed by atoms with Crippen molar-refractivity contribution >= 4 is 17.5 Å². The molecule has 2 aliphatic rings. The standard InChI is InChI=1S/C15H19ClN2O/c1-2-18-7-6-11-12(4-3-5-13(11)16)15(14(18)19)8-10(17)9-15/h3-5,10H,2,6-9,17H2,1H3. The Bertz CT molecular complexity index is 523. The van der Waals surface area contributed by atoms with Gasteiger partial charge in [0.15, 0.2) is 0 Å². The maximum atomic E-state index is 12.8. The summed E-state index contributed by atoms with van der Waals surface area (Å²) in [5, 5.41) is 0.781. The van der Waals surface area contributed by atoms with Gasteiger partial charge in [0.25, 0.3) is 0 Å². The third kappa shape index (κ3) is 1.79. The number of carbonyl (C=O) groups excluding carboxylic acids is 1. The molecule has 0 radical (unpaired) electrons. The highest BCUT2D eigenvalue weighted by atomic mass is 35.5. The second-order valence-electron chi connectivity index (χ2n) is 5.65. The molecule has 3 rings (SSSR count). The summed E-state index contributed by atoms with van der Waals surface area (Å²) in [5.74, 6) is 0.234. The zero-order valence-corrected chi connectivity index (χ0v) is 11.9. The van der Waals surface area contributed by atoms with Gasteiger partial charge in [-0.25, -0.2) is 0 Å². The van der Waals surface area contributed by atoms with E-state index in [4.69, 9.17) is 17.3 Å². The molecule has 0 atom stereocenters. The number of carbonyl (C=O) groups is 1. The summed E-state index contributed by atoms with van der Waals surface area (Å²) in [5.41, 5.74) is 7.82. The van der Waals surface area contributed by atoms with E-state index in [0.29, 0.717) is 0 Å². The normalized spacial score (nSPS) is 29.9. The monoisotopic (exact) mass is 278 g/mol. The number of halogens is 1. The Morgan fingerprint density at radius 3 is 2.84 bits per heavy atom. The van der Waals surface area contributed by atoms with Gasteiger partial charge in [0.1, 0.15) is 0 Å². The Labute approximate surface area is 118 Å². The lowest BCUT2D eigenvalue weighted by atomic mass is 9.60. The van der Waals surface area contributed by atoms with E-state index < -0.39 is 5.41 Å². The molecule has 1 spiro atoms. The maximum absolute atomic E-state index is 12.8. The Morgan fingerprint density at radius 1 is 1.47 bits per heavy atom. The number of hydrogen-bond donors (Lipinski definition) is 1. The molecule has 1 heterocycles. The first-order chi connectivity index (χ1) is 9.08. The van der Waals surface area contributed by atoms with Crippen molar-refractivity contribution in [3.8, 4) is 0 Å². The smallest absolute Gasteiger partial charge is 0.233 e. The summed E-state index contributed by atoms with van der Waals surface area (Å²) >= 11 is 6.34. The van der Waals surface area contributed by atoms with Gasteiger partial charge >= 0.3 is 0 Å². The average Bonchev–Trinajstić information content (AvgIpc) is 2.47. The van der Waals surface area contributed by atoms with E-state index in [-0.39, 0.29) is 11.9 Å². The molecule has 1 aromatic carbocycles. The highest BCUT2D eigenvalue weighted by molar-refractivity contribution is 6.31. The lowest BCUT2D eigenvalue weighted by Crippen LogP contribution is -2.58. The molecule has 0 saturated heterocycles. The number of nitrogens with zero attached hydrogens (tertiary/aromatic N) is 1. The second-order valence-corrected chi connectivity index (χ2v) is 6.06. The summed E-state index contributed by atoms with van der Waals surface area (Å²) < 4.78 is 0.